The van der Waals surface area contributed by atoms with Crippen molar-refractivity contribution in [1.82, 2.24) is 4.98 Å². The molecule has 4 heteroatoms. The first-order valence-electron chi connectivity index (χ1n) is 9.51. The van der Waals surface area contributed by atoms with Crippen molar-refractivity contribution in [3.05, 3.63) is 117 Å². The lowest BCUT2D eigenvalue weighted by atomic mass is 10.1. The Labute approximate surface area is 186 Å². The molecule has 30 heavy (non-hydrogen) atoms. The summed E-state index contributed by atoms with van der Waals surface area (Å²) in [5, 5.41) is 1.47. The molecule has 0 spiro atoms. The molecule has 0 aliphatic heterocycles. The Kier molecular flexibility index (Phi) is 6.38. The van der Waals surface area contributed by atoms with Crippen LogP contribution in [0.15, 0.2) is 85.2 Å². The summed E-state index contributed by atoms with van der Waals surface area (Å²) in [6.07, 6.45) is 12.0. The number of hydrogen-bond acceptors (Lipinski definition) is 1. The Morgan fingerprint density at radius 1 is 0.600 bits per heavy atom. The van der Waals surface area contributed by atoms with E-state index in [9.17, 15) is 0 Å². The summed E-state index contributed by atoms with van der Waals surface area (Å²) in [5.41, 5.74) is 6.19. The summed E-state index contributed by atoms with van der Waals surface area (Å²) in [5.74, 6) is 0. The van der Waals surface area contributed by atoms with Crippen molar-refractivity contribution in [1.29, 1.82) is 0 Å². The van der Waals surface area contributed by atoms with Crippen LogP contribution in [0.3, 0.4) is 0 Å². The highest BCUT2D eigenvalue weighted by atomic mass is 35.5. The van der Waals surface area contributed by atoms with Gasteiger partial charge in [-0.2, -0.15) is 0 Å². The van der Waals surface area contributed by atoms with Gasteiger partial charge in [0.1, 0.15) is 5.69 Å². The minimum Gasteiger partial charge on any atom is -0.250 e. The molecule has 0 aliphatic carbocycles. The minimum absolute atomic E-state index is 0.735. The quantitative estimate of drug-likeness (QED) is 0.329. The van der Waals surface area contributed by atoms with E-state index in [2.05, 4.69) is 46.4 Å². The standard InChI is InChI=1S/C26H18Cl2N2/c27-23-9-5-19(6-10-23)1-3-21-13-15-29-25(17-21)26-18-22(14-16-30-26)4-2-20-7-11-24(28)12-8-20/h1-18H/p+1/b3-1+,4-2+. The predicted octanol–water partition coefficient (Wildman–Crippen LogP) is 7.21. The first-order chi connectivity index (χ1) is 14.7. The summed E-state index contributed by atoms with van der Waals surface area (Å²) in [7, 11) is 0. The molecule has 2 aromatic carbocycles. The fraction of sp³-hybridized carbons (Fsp3) is 0. The van der Waals surface area contributed by atoms with Crippen molar-refractivity contribution in [2.24, 2.45) is 0 Å². The molecule has 4 aromatic rings. The molecular weight excluding hydrogens is 411 g/mol. The van der Waals surface area contributed by atoms with E-state index in [1.54, 1.807) is 0 Å². The topological polar surface area (TPSA) is 27.0 Å². The van der Waals surface area contributed by atoms with Gasteiger partial charge in [-0.05, 0) is 58.7 Å². The van der Waals surface area contributed by atoms with Crippen LogP contribution in [0.2, 0.25) is 10.0 Å². The molecule has 4 rings (SSSR count). The van der Waals surface area contributed by atoms with Gasteiger partial charge in [-0.3, -0.25) is 0 Å². The van der Waals surface area contributed by atoms with E-state index >= 15 is 0 Å². The molecule has 1 N–H and O–H groups in total. The van der Waals surface area contributed by atoms with E-state index in [-0.39, 0.29) is 0 Å². The molecule has 0 unspecified atom stereocenters. The van der Waals surface area contributed by atoms with Gasteiger partial charge in [0.25, 0.3) is 0 Å². The fourth-order valence-electron chi connectivity index (χ4n) is 2.97. The van der Waals surface area contributed by atoms with Gasteiger partial charge in [0.05, 0.1) is 0 Å². The Morgan fingerprint density at radius 2 is 1.13 bits per heavy atom. The zero-order chi connectivity index (χ0) is 20.8. The van der Waals surface area contributed by atoms with Gasteiger partial charge in [-0.1, -0.05) is 71.8 Å². The van der Waals surface area contributed by atoms with E-state index in [0.29, 0.717) is 0 Å². The highest BCUT2D eigenvalue weighted by Crippen LogP contribution is 2.18. The summed E-state index contributed by atoms with van der Waals surface area (Å²) < 4.78 is 0. The van der Waals surface area contributed by atoms with Crippen LogP contribution in [0.1, 0.15) is 22.3 Å². The summed E-state index contributed by atoms with van der Waals surface area (Å²) in [6.45, 7) is 0. The SMILES string of the molecule is Clc1ccc(/C=C/c2ccnc(-c3cc(/C=C/c4ccc(Cl)cc4)cc[nH+]3)c2)cc1. The van der Waals surface area contributed by atoms with Gasteiger partial charge in [-0.25, -0.2) is 9.97 Å². The maximum atomic E-state index is 5.95. The van der Waals surface area contributed by atoms with E-state index in [4.69, 9.17) is 23.2 Å². The molecule has 0 fully saturated rings. The Morgan fingerprint density at radius 3 is 1.73 bits per heavy atom. The number of aromatic amines is 1. The van der Waals surface area contributed by atoms with Crippen LogP contribution < -0.4 is 4.98 Å². The Hall–Kier alpha value is -3.20. The van der Waals surface area contributed by atoms with Crippen molar-refractivity contribution < 1.29 is 4.98 Å². The molecule has 0 aliphatic rings. The van der Waals surface area contributed by atoms with Gasteiger partial charge < -0.3 is 0 Å². The Bertz CT molecular complexity index is 1100. The van der Waals surface area contributed by atoms with E-state index in [1.807, 2.05) is 73.1 Å². The van der Waals surface area contributed by atoms with Crippen LogP contribution in [0.4, 0.5) is 0 Å². The highest BCUT2D eigenvalue weighted by molar-refractivity contribution is 6.30. The molecule has 0 bridgehead atoms. The molecule has 0 saturated carbocycles. The first kappa shape index (κ1) is 20.1. The maximum Gasteiger partial charge on any atom is 0.230 e. The van der Waals surface area contributed by atoms with Crippen LogP contribution in [-0.2, 0) is 0 Å². The number of hydrogen-bond donors (Lipinski definition) is 0. The number of H-pyrrole nitrogens is 1. The number of aromatic nitrogens is 2. The molecule has 146 valence electrons. The summed E-state index contributed by atoms with van der Waals surface area (Å²) >= 11 is 11.9. The second-order valence-corrected chi connectivity index (χ2v) is 7.65. The molecule has 0 saturated heterocycles. The fourth-order valence-corrected chi connectivity index (χ4v) is 3.22. The number of benzene rings is 2. The molecule has 2 heterocycles. The minimum atomic E-state index is 0.735. The van der Waals surface area contributed by atoms with E-state index < -0.39 is 0 Å². The largest absolute Gasteiger partial charge is 0.250 e. The third-order valence-corrected chi connectivity index (χ3v) is 5.07. The van der Waals surface area contributed by atoms with Gasteiger partial charge in [0, 0.05) is 28.4 Å². The van der Waals surface area contributed by atoms with Crippen molar-refractivity contribution >= 4 is 47.5 Å². The van der Waals surface area contributed by atoms with Crippen LogP contribution in [0, 0.1) is 0 Å². The van der Waals surface area contributed by atoms with Gasteiger partial charge in [0.15, 0.2) is 6.20 Å². The number of halogens is 2. The van der Waals surface area contributed by atoms with Crippen molar-refractivity contribution in [3.63, 3.8) is 0 Å². The average Bonchev–Trinajstić information content (AvgIpc) is 2.79. The van der Waals surface area contributed by atoms with Gasteiger partial charge in [-0.15, -0.1) is 0 Å². The number of pyridine rings is 2. The Balaban J connectivity index is 1.54. The molecule has 2 aromatic heterocycles. The normalized spacial score (nSPS) is 11.4. The van der Waals surface area contributed by atoms with Crippen molar-refractivity contribution in [3.8, 4) is 11.4 Å². The van der Waals surface area contributed by atoms with Crippen LogP contribution in [0.5, 0.6) is 0 Å². The second kappa shape index (κ2) is 9.53. The monoisotopic (exact) mass is 429 g/mol. The van der Waals surface area contributed by atoms with Crippen LogP contribution >= 0.6 is 23.2 Å². The second-order valence-electron chi connectivity index (χ2n) is 6.78. The van der Waals surface area contributed by atoms with E-state index in [1.165, 1.54) is 0 Å². The number of nitrogens with zero attached hydrogens (tertiary/aromatic N) is 1. The molecular formula is C26H19Cl2N2+. The van der Waals surface area contributed by atoms with Crippen molar-refractivity contribution in [2.75, 3.05) is 0 Å². The molecule has 0 amide bonds. The maximum absolute atomic E-state index is 5.95. The third kappa shape index (κ3) is 5.44. The molecule has 2 nitrogen and oxygen atoms in total. The smallest absolute Gasteiger partial charge is 0.230 e. The lowest BCUT2D eigenvalue weighted by Crippen LogP contribution is -2.06. The van der Waals surface area contributed by atoms with Gasteiger partial charge >= 0.3 is 0 Å². The average molecular weight is 430 g/mol. The number of rotatable bonds is 5. The van der Waals surface area contributed by atoms with Gasteiger partial charge in [0.2, 0.25) is 5.69 Å². The lowest BCUT2D eigenvalue weighted by molar-refractivity contribution is -0.364. The van der Waals surface area contributed by atoms with Crippen molar-refractivity contribution in [2.45, 2.75) is 0 Å². The lowest BCUT2D eigenvalue weighted by Gasteiger charge is -2.00. The highest BCUT2D eigenvalue weighted by Gasteiger charge is 2.07. The zero-order valence-electron chi connectivity index (χ0n) is 16.1. The predicted molar refractivity (Wildman–Crippen MR) is 127 cm³/mol. The number of nitrogens with one attached hydrogen (secondary N) is 1. The van der Waals surface area contributed by atoms with Crippen LogP contribution in [0.25, 0.3) is 35.7 Å². The first-order valence-corrected chi connectivity index (χ1v) is 10.3. The molecule has 0 atom stereocenters. The zero-order valence-corrected chi connectivity index (χ0v) is 17.6. The summed E-state index contributed by atoms with van der Waals surface area (Å²) in [4.78, 5) is 7.81. The van der Waals surface area contributed by atoms with Crippen LogP contribution in [-0.4, -0.2) is 4.98 Å². The summed E-state index contributed by atoms with van der Waals surface area (Å²) in [6, 6.07) is 23.7. The van der Waals surface area contributed by atoms with E-state index in [0.717, 1.165) is 43.7 Å². The third-order valence-electron chi connectivity index (χ3n) is 4.56. The molecule has 0 radical (unpaired) electrons.